The van der Waals surface area contributed by atoms with Gasteiger partial charge in [-0.25, -0.2) is 0 Å². The first-order valence-electron chi connectivity index (χ1n) is 6.32. The Labute approximate surface area is 119 Å². The second-order valence-corrected chi connectivity index (χ2v) is 4.41. The van der Waals surface area contributed by atoms with Crippen LogP contribution in [0.5, 0.6) is 17.2 Å². The first-order chi connectivity index (χ1) is 8.88. The molecule has 1 aromatic carbocycles. The van der Waals surface area contributed by atoms with Gasteiger partial charge in [0.2, 0.25) is 0 Å². The summed E-state index contributed by atoms with van der Waals surface area (Å²) in [7, 11) is 1.67. The number of benzene rings is 1. The minimum atomic E-state index is 0. The molecule has 0 radical (unpaired) electrons. The molecule has 0 aromatic heterocycles. The molecule has 0 atom stereocenters. The number of methoxy groups -OCH3 is 1. The third kappa shape index (κ3) is 2.82. The fourth-order valence-corrected chi connectivity index (χ4v) is 2.37. The van der Waals surface area contributed by atoms with Gasteiger partial charge >= 0.3 is 0 Å². The number of halogens is 1. The molecule has 1 aromatic rings. The van der Waals surface area contributed by atoms with Crippen molar-refractivity contribution in [3.05, 3.63) is 12.1 Å². The molecule has 0 spiro atoms. The molecule has 5 nitrogen and oxygen atoms in total. The largest absolute Gasteiger partial charge is 0.497 e. The topological polar surface area (TPSA) is 43.0 Å². The highest BCUT2D eigenvalue weighted by atomic mass is 35.5. The molecule has 0 bridgehead atoms. The maximum Gasteiger partial charge on any atom is 0.184 e. The average molecular weight is 287 g/mol. The van der Waals surface area contributed by atoms with Crippen LogP contribution in [0.1, 0.15) is 0 Å². The SMILES string of the molecule is COc1cc2c(c(N3CCNCC3)c1)OCCO2.Cl. The average Bonchev–Trinajstić information content (AvgIpc) is 2.47. The lowest BCUT2D eigenvalue weighted by Gasteiger charge is -2.32. The van der Waals surface area contributed by atoms with Gasteiger partial charge in [0.05, 0.1) is 12.8 Å². The maximum atomic E-state index is 5.76. The summed E-state index contributed by atoms with van der Waals surface area (Å²) in [5, 5.41) is 3.35. The van der Waals surface area contributed by atoms with Crippen LogP contribution in [-0.4, -0.2) is 46.5 Å². The third-order valence-electron chi connectivity index (χ3n) is 3.29. The van der Waals surface area contributed by atoms with Crippen LogP contribution in [0.4, 0.5) is 5.69 Å². The molecule has 0 saturated carbocycles. The zero-order valence-electron chi connectivity index (χ0n) is 11.0. The van der Waals surface area contributed by atoms with E-state index in [1.54, 1.807) is 7.11 Å². The van der Waals surface area contributed by atoms with E-state index in [4.69, 9.17) is 14.2 Å². The molecule has 2 heterocycles. The van der Waals surface area contributed by atoms with Gasteiger partial charge in [0, 0.05) is 38.3 Å². The monoisotopic (exact) mass is 286 g/mol. The first-order valence-corrected chi connectivity index (χ1v) is 6.32. The Bertz CT molecular complexity index is 436. The quantitative estimate of drug-likeness (QED) is 0.888. The van der Waals surface area contributed by atoms with Gasteiger partial charge in [0.15, 0.2) is 11.5 Å². The minimum Gasteiger partial charge on any atom is -0.497 e. The lowest BCUT2D eigenvalue weighted by atomic mass is 10.2. The summed E-state index contributed by atoms with van der Waals surface area (Å²) in [4.78, 5) is 2.31. The zero-order valence-corrected chi connectivity index (χ0v) is 11.8. The molecular weight excluding hydrogens is 268 g/mol. The van der Waals surface area contributed by atoms with E-state index in [9.17, 15) is 0 Å². The molecule has 1 N–H and O–H groups in total. The van der Waals surface area contributed by atoms with Gasteiger partial charge in [-0.2, -0.15) is 0 Å². The van der Waals surface area contributed by atoms with Crippen molar-refractivity contribution in [2.75, 3.05) is 51.4 Å². The standard InChI is InChI=1S/C13H18N2O3.ClH/c1-16-10-8-11(15-4-2-14-3-5-15)13-12(9-10)17-6-7-18-13;/h8-9,14H,2-7H2,1H3;1H. The Morgan fingerprint density at radius 2 is 1.89 bits per heavy atom. The predicted molar refractivity (Wildman–Crippen MR) is 76.3 cm³/mol. The van der Waals surface area contributed by atoms with Crippen molar-refractivity contribution in [3.63, 3.8) is 0 Å². The van der Waals surface area contributed by atoms with Crippen molar-refractivity contribution in [3.8, 4) is 17.2 Å². The Morgan fingerprint density at radius 1 is 1.16 bits per heavy atom. The summed E-state index contributed by atoms with van der Waals surface area (Å²) in [6.07, 6.45) is 0. The number of hydrogen-bond donors (Lipinski definition) is 1. The molecule has 1 saturated heterocycles. The van der Waals surface area contributed by atoms with Crippen LogP contribution in [0, 0.1) is 0 Å². The van der Waals surface area contributed by atoms with E-state index in [2.05, 4.69) is 10.2 Å². The number of hydrogen-bond acceptors (Lipinski definition) is 5. The molecular formula is C13H19ClN2O3. The number of ether oxygens (including phenoxy) is 3. The van der Waals surface area contributed by atoms with Crippen molar-refractivity contribution in [1.82, 2.24) is 5.32 Å². The zero-order chi connectivity index (χ0) is 12.4. The summed E-state index contributed by atoms with van der Waals surface area (Å²) < 4.78 is 16.7. The number of anilines is 1. The Morgan fingerprint density at radius 3 is 2.63 bits per heavy atom. The highest BCUT2D eigenvalue weighted by molar-refractivity contribution is 5.85. The van der Waals surface area contributed by atoms with Crippen molar-refractivity contribution < 1.29 is 14.2 Å². The highest BCUT2D eigenvalue weighted by Gasteiger charge is 2.23. The van der Waals surface area contributed by atoms with Gasteiger partial charge in [-0.15, -0.1) is 12.4 Å². The predicted octanol–water partition coefficient (Wildman–Crippen LogP) is 1.30. The van der Waals surface area contributed by atoms with E-state index in [0.29, 0.717) is 13.2 Å². The number of nitrogens with one attached hydrogen (secondary N) is 1. The van der Waals surface area contributed by atoms with Crippen molar-refractivity contribution in [2.24, 2.45) is 0 Å². The van der Waals surface area contributed by atoms with Crippen LogP contribution in [0.15, 0.2) is 12.1 Å². The fourth-order valence-electron chi connectivity index (χ4n) is 2.37. The second-order valence-electron chi connectivity index (χ2n) is 4.41. The molecule has 6 heteroatoms. The summed E-state index contributed by atoms with van der Waals surface area (Å²) in [6.45, 7) is 5.14. The Balaban J connectivity index is 0.00000133. The molecule has 2 aliphatic heterocycles. The summed E-state index contributed by atoms with van der Waals surface area (Å²) in [6, 6.07) is 3.92. The molecule has 1 fully saturated rings. The van der Waals surface area contributed by atoms with Gasteiger partial charge in [-0.05, 0) is 0 Å². The van der Waals surface area contributed by atoms with Gasteiger partial charge in [0.25, 0.3) is 0 Å². The van der Waals surface area contributed by atoms with Crippen LogP contribution in [-0.2, 0) is 0 Å². The molecule has 0 aliphatic carbocycles. The van der Waals surface area contributed by atoms with Crippen LogP contribution in [0.25, 0.3) is 0 Å². The van der Waals surface area contributed by atoms with E-state index in [-0.39, 0.29) is 12.4 Å². The molecule has 19 heavy (non-hydrogen) atoms. The van der Waals surface area contributed by atoms with Crippen LogP contribution in [0.2, 0.25) is 0 Å². The summed E-state index contributed by atoms with van der Waals surface area (Å²) in [5.74, 6) is 2.45. The third-order valence-corrected chi connectivity index (χ3v) is 3.29. The van der Waals surface area contributed by atoms with E-state index in [1.165, 1.54) is 0 Å². The van der Waals surface area contributed by atoms with Crippen LogP contribution in [0.3, 0.4) is 0 Å². The van der Waals surface area contributed by atoms with Crippen molar-refractivity contribution >= 4 is 18.1 Å². The number of fused-ring (bicyclic) bond motifs is 1. The highest BCUT2D eigenvalue weighted by Crippen LogP contribution is 2.43. The smallest absolute Gasteiger partial charge is 0.184 e. The lowest BCUT2D eigenvalue weighted by Crippen LogP contribution is -2.43. The first kappa shape index (κ1) is 14.1. The second kappa shape index (κ2) is 6.21. The van der Waals surface area contributed by atoms with Gasteiger partial charge in [0.1, 0.15) is 19.0 Å². The lowest BCUT2D eigenvalue weighted by molar-refractivity contribution is 0.171. The van der Waals surface area contributed by atoms with E-state index >= 15 is 0 Å². The molecule has 3 rings (SSSR count). The normalized spacial score (nSPS) is 17.6. The fraction of sp³-hybridized carbons (Fsp3) is 0.538. The van der Waals surface area contributed by atoms with Gasteiger partial charge in [-0.1, -0.05) is 0 Å². The van der Waals surface area contributed by atoms with E-state index in [1.807, 2.05) is 12.1 Å². The van der Waals surface area contributed by atoms with Gasteiger partial charge < -0.3 is 24.4 Å². The number of piperazine rings is 1. The molecule has 2 aliphatic rings. The van der Waals surface area contributed by atoms with E-state index < -0.39 is 0 Å². The van der Waals surface area contributed by atoms with Crippen molar-refractivity contribution in [1.29, 1.82) is 0 Å². The molecule has 0 amide bonds. The number of nitrogens with zero attached hydrogens (tertiary/aromatic N) is 1. The molecule has 106 valence electrons. The number of rotatable bonds is 2. The van der Waals surface area contributed by atoms with Crippen molar-refractivity contribution in [2.45, 2.75) is 0 Å². The minimum absolute atomic E-state index is 0. The maximum absolute atomic E-state index is 5.76. The van der Waals surface area contributed by atoms with Gasteiger partial charge in [-0.3, -0.25) is 0 Å². The summed E-state index contributed by atoms with van der Waals surface area (Å²) >= 11 is 0. The van der Waals surface area contributed by atoms with Crippen LogP contribution < -0.4 is 24.4 Å². The Kier molecular flexibility index (Phi) is 4.61. The van der Waals surface area contributed by atoms with E-state index in [0.717, 1.165) is 49.1 Å². The summed E-state index contributed by atoms with van der Waals surface area (Å²) in [5.41, 5.74) is 1.07. The van der Waals surface area contributed by atoms with Crippen LogP contribution >= 0.6 is 12.4 Å². The Hall–Kier alpha value is -1.33. The molecule has 0 unspecified atom stereocenters.